The third-order valence-corrected chi connectivity index (χ3v) is 8.26. The summed E-state index contributed by atoms with van der Waals surface area (Å²) in [6.45, 7) is 1.50. The van der Waals surface area contributed by atoms with Gasteiger partial charge in [0.15, 0.2) is 0 Å². The maximum atomic E-state index is 11.4. The minimum Gasteiger partial charge on any atom is -0.549 e. The number of aliphatic hydroxyl groups excluding tert-OH is 1. The number of carboxylic acid groups (broad SMARTS) is 3. The van der Waals surface area contributed by atoms with Gasteiger partial charge < -0.3 is 39.5 Å². The molecule has 0 aliphatic carbocycles. The molecule has 1 radical (unpaired) electrons. The number of halogens is 1. The zero-order chi connectivity index (χ0) is 32.5. The van der Waals surface area contributed by atoms with Crippen molar-refractivity contribution in [2.45, 2.75) is 12.5 Å². The van der Waals surface area contributed by atoms with Gasteiger partial charge in [-0.2, -0.15) is 0 Å². The first-order chi connectivity index (χ1) is 21.5. The van der Waals surface area contributed by atoms with E-state index in [4.69, 9.17) is 21.3 Å². The van der Waals surface area contributed by atoms with E-state index in [0.717, 1.165) is 21.9 Å². The number of aromatic nitrogens is 1. The number of fused-ring (bicyclic) bond motifs is 2. The summed E-state index contributed by atoms with van der Waals surface area (Å²) in [5.41, 5.74) is 2.19. The van der Waals surface area contributed by atoms with Crippen LogP contribution in [-0.2, 0) is 20.8 Å². The van der Waals surface area contributed by atoms with Crippen LogP contribution in [0.25, 0.3) is 21.8 Å². The Morgan fingerprint density at radius 1 is 0.826 bits per heavy atom. The molecule has 0 saturated carbocycles. The second-order valence-electron chi connectivity index (χ2n) is 11.3. The van der Waals surface area contributed by atoms with E-state index in [0.29, 0.717) is 42.5 Å². The maximum absolute atomic E-state index is 11.4. The first-order valence-corrected chi connectivity index (χ1v) is 15.1. The van der Waals surface area contributed by atoms with Gasteiger partial charge in [-0.3, -0.25) is 19.6 Å². The number of rotatable bonds is 11. The van der Waals surface area contributed by atoms with Crippen LogP contribution in [0.3, 0.4) is 0 Å². The fourth-order valence-corrected chi connectivity index (χ4v) is 5.81. The minimum atomic E-state index is -1.28. The van der Waals surface area contributed by atoms with Gasteiger partial charge in [0.05, 0.1) is 47.2 Å². The molecule has 0 amide bonds. The molecule has 3 aromatic rings. The fraction of sp³-hybridized carbons (Fsp3) is 0.484. The number of aliphatic carboxylic acids is 3. The Labute approximate surface area is 304 Å². The molecule has 4 rings (SSSR count). The SMILES string of the molecule is COc1ccc2cc3c(Cl)ccc(CC(O)CN4CCN(CC(=O)[O-])CCN(CC(=O)[O-])CCN(CC(=O)[O-])CC4)c3nc2c1.[Gd+3]. The van der Waals surface area contributed by atoms with E-state index < -0.39 is 24.0 Å². The summed E-state index contributed by atoms with van der Waals surface area (Å²) < 4.78 is 5.35. The molecule has 1 fully saturated rings. The third kappa shape index (κ3) is 11.5. The van der Waals surface area contributed by atoms with Crippen LogP contribution >= 0.6 is 11.6 Å². The molecule has 1 aliphatic heterocycles. The Morgan fingerprint density at radius 2 is 1.33 bits per heavy atom. The van der Waals surface area contributed by atoms with Crippen LogP contribution in [0.4, 0.5) is 0 Å². The number of carbonyl (C=O) groups is 3. The Balaban J connectivity index is 0.00000576. The Hall–Kier alpha value is -2.27. The fourth-order valence-electron chi connectivity index (χ4n) is 5.61. The number of hydrogen-bond acceptors (Lipinski definition) is 13. The third-order valence-electron chi connectivity index (χ3n) is 7.93. The first kappa shape index (κ1) is 38.2. The number of β-amino-alcohol motifs (C(OH)–C–C–N with tert-alkyl or cyclic N) is 1. The van der Waals surface area contributed by atoms with Crippen molar-refractivity contribution in [1.29, 1.82) is 0 Å². The standard InChI is InChI=1S/C31H40ClN5O8.Gd/c1-45-24-4-2-21-15-25-26(32)5-3-22(31(25)33-27(21)16-24)14-23(38)17-34-6-8-35(18-28(39)40)10-12-37(20-30(43)44)13-11-36(9-7-34)19-29(41)42;/h2-5,15-16,23,38H,6-14,17-20H2,1H3,(H,39,40)(H,41,42)(H,43,44);/q;+3/p-3. The van der Waals surface area contributed by atoms with Crippen LogP contribution < -0.4 is 20.1 Å². The van der Waals surface area contributed by atoms with Gasteiger partial charge in [-0.15, -0.1) is 0 Å². The molecule has 13 nitrogen and oxygen atoms in total. The van der Waals surface area contributed by atoms with E-state index in [2.05, 4.69) is 0 Å². The van der Waals surface area contributed by atoms with Gasteiger partial charge in [0.25, 0.3) is 0 Å². The molecule has 1 N–H and O–H groups in total. The molecule has 1 saturated heterocycles. The van der Waals surface area contributed by atoms with Gasteiger partial charge in [-0.05, 0) is 29.8 Å². The molecule has 15 heteroatoms. The second-order valence-corrected chi connectivity index (χ2v) is 11.7. The van der Waals surface area contributed by atoms with Crippen molar-refractivity contribution in [3.05, 3.63) is 47.0 Å². The molecule has 0 spiro atoms. The predicted molar refractivity (Wildman–Crippen MR) is 161 cm³/mol. The molecule has 2 heterocycles. The van der Waals surface area contributed by atoms with Gasteiger partial charge in [-0.1, -0.05) is 17.7 Å². The van der Waals surface area contributed by atoms with Gasteiger partial charge in [0.2, 0.25) is 0 Å². The number of ether oxygens (including phenoxy) is 1. The van der Waals surface area contributed by atoms with E-state index in [-0.39, 0.29) is 98.7 Å². The number of pyridine rings is 1. The summed E-state index contributed by atoms with van der Waals surface area (Å²) in [6.07, 6.45) is -0.580. The monoisotopic (exact) mass is 800 g/mol. The van der Waals surface area contributed by atoms with Gasteiger partial charge in [-0.25, -0.2) is 4.98 Å². The predicted octanol–water partition coefficient (Wildman–Crippen LogP) is -2.58. The van der Waals surface area contributed by atoms with Crippen LogP contribution in [0.15, 0.2) is 36.4 Å². The van der Waals surface area contributed by atoms with Crippen molar-refractivity contribution in [3.63, 3.8) is 0 Å². The van der Waals surface area contributed by atoms with Crippen molar-refractivity contribution in [2.75, 3.05) is 85.6 Å². The number of carbonyl (C=O) groups excluding carboxylic acids is 3. The molecule has 1 atom stereocenters. The Morgan fingerprint density at radius 3 is 1.80 bits per heavy atom. The zero-order valence-electron chi connectivity index (χ0n) is 25.5. The summed E-state index contributed by atoms with van der Waals surface area (Å²) in [7, 11) is 1.58. The van der Waals surface area contributed by atoms with Gasteiger partial charge in [0.1, 0.15) is 5.75 Å². The van der Waals surface area contributed by atoms with Crippen molar-refractivity contribution >= 4 is 51.3 Å². The molecule has 0 bridgehead atoms. The molecular formula is C31H37ClGdN5O8. The van der Waals surface area contributed by atoms with Crippen LogP contribution in [0.1, 0.15) is 5.56 Å². The Bertz CT molecular complexity index is 1480. The summed E-state index contributed by atoms with van der Waals surface area (Å²) in [4.78, 5) is 45.9. The quantitative estimate of drug-likeness (QED) is 0.201. The molecule has 1 aliphatic rings. The average molecular weight is 800 g/mol. The average Bonchev–Trinajstić information content (AvgIpc) is 2.98. The molecule has 2 aromatic carbocycles. The maximum Gasteiger partial charge on any atom is 3.00 e. The molecule has 1 unspecified atom stereocenters. The summed E-state index contributed by atoms with van der Waals surface area (Å²) in [5, 5.41) is 47.6. The largest absolute Gasteiger partial charge is 3.00 e. The van der Waals surface area contributed by atoms with Crippen molar-refractivity contribution in [1.82, 2.24) is 24.6 Å². The summed E-state index contributed by atoms with van der Waals surface area (Å²) in [5.74, 6) is -3.13. The number of nitrogens with zero attached hydrogens (tertiary/aromatic N) is 5. The van der Waals surface area contributed by atoms with Crippen molar-refractivity contribution in [2.24, 2.45) is 0 Å². The van der Waals surface area contributed by atoms with E-state index in [9.17, 15) is 34.8 Å². The van der Waals surface area contributed by atoms with Crippen LogP contribution in [-0.4, -0.2) is 139 Å². The second kappa shape index (κ2) is 18.3. The molecular weight excluding hydrogens is 763 g/mol. The van der Waals surface area contributed by atoms with Crippen molar-refractivity contribution < 1.29 is 79.5 Å². The summed E-state index contributed by atoms with van der Waals surface area (Å²) >= 11 is 6.53. The summed E-state index contributed by atoms with van der Waals surface area (Å²) in [6, 6.07) is 11.2. The topological polar surface area (TPSA) is 176 Å². The van der Waals surface area contributed by atoms with E-state index in [1.807, 2.05) is 35.2 Å². The molecule has 249 valence electrons. The molecule has 46 heavy (non-hydrogen) atoms. The van der Waals surface area contributed by atoms with Crippen molar-refractivity contribution in [3.8, 4) is 5.75 Å². The Kier molecular flexibility index (Phi) is 15.2. The number of aliphatic hydroxyl groups is 1. The van der Waals surface area contributed by atoms with Crippen LogP contribution in [0.2, 0.25) is 5.02 Å². The van der Waals surface area contributed by atoms with E-state index >= 15 is 0 Å². The number of carboxylic acids is 3. The molecule has 1 aromatic heterocycles. The van der Waals surface area contributed by atoms with E-state index in [1.54, 1.807) is 27.9 Å². The minimum absolute atomic E-state index is 0. The van der Waals surface area contributed by atoms with Gasteiger partial charge in [0, 0.05) is 102 Å². The van der Waals surface area contributed by atoms with E-state index in [1.165, 1.54) is 0 Å². The number of hydrogen-bond donors (Lipinski definition) is 1. The van der Waals surface area contributed by atoms with Crippen LogP contribution in [0, 0.1) is 39.9 Å². The van der Waals surface area contributed by atoms with Crippen LogP contribution in [0.5, 0.6) is 5.75 Å². The normalized spacial score (nSPS) is 17.1. The smallest absolute Gasteiger partial charge is 0.549 e. The number of methoxy groups -OCH3 is 1. The zero-order valence-corrected chi connectivity index (χ0v) is 28.5. The van der Waals surface area contributed by atoms with Gasteiger partial charge >= 0.3 is 39.9 Å². The first-order valence-electron chi connectivity index (χ1n) is 14.7. The number of benzene rings is 2.